The predicted octanol–water partition coefficient (Wildman–Crippen LogP) is 2.14. The molecule has 84 valence electrons. The summed E-state index contributed by atoms with van der Waals surface area (Å²) in [7, 11) is 0. The summed E-state index contributed by atoms with van der Waals surface area (Å²) in [6, 6.07) is 3.61. The first-order valence-electron chi connectivity index (χ1n) is 5.06. The van der Waals surface area contributed by atoms with Crippen LogP contribution in [-0.2, 0) is 6.42 Å². The quantitative estimate of drug-likeness (QED) is 0.582. The smallest absolute Gasteiger partial charge is 0.126 e. The van der Waals surface area contributed by atoms with Crippen LogP contribution < -0.4 is 11.3 Å². The Bertz CT molecular complexity index is 295. The summed E-state index contributed by atoms with van der Waals surface area (Å²) in [4.78, 5) is 0. The van der Waals surface area contributed by atoms with Crippen LogP contribution in [-0.4, -0.2) is 6.04 Å². The molecule has 0 aromatic heterocycles. The van der Waals surface area contributed by atoms with Gasteiger partial charge in [-0.1, -0.05) is 13.3 Å². The molecule has 1 atom stereocenters. The third kappa shape index (κ3) is 3.93. The van der Waals surface area contributed by atoms with Gasteiger partial charge in [-0.15, -0.1) is 0 Å². The highest BCUT2D eigenvalue weighted by Gasteiger charge is 2.08. The topological polar surface area (TPSA) is 38.0 Å². The van der Waals surface area contributed by atoms with E-state index in [9.17, 15) is 8.78 Å². The molecule has 1 rings (SSSR count). The molecule has 0 amide bonds. The summed E-state index contributed by atoms with van der Waals surface area (Å²) >= 11 is 0. The summed E-state index contributed by atoms with van der Waals surface area (Å²) in [5.41, 5.74) is 3.27. The van der Waals surface area contributed by atoms with Crippen LogP contribution in [0.3, 0.4) is 0 Å². The third-order valence-corrected chi connectivity index (χ3v) is 2.28. The van der Waals surface area contributed by atoms with E-state index in [2.05, 4.69) is 5.43 Å². The SMILES string of the molecule is CCCC(Cc1cc(F)cc(F)c1)NN. The number of rotatable bonds is 5. The molecule has 4 heteroatoms. The maximum Gasteiger partial charge on any atom is 0.126 e. The normalized spacial score (nSPS) is 12.8. The molecule has 0 aliphatic rings. The second-order valence-corrected chi connectivity index (χ2v) is 3.63. The Morgan fingerprint density at radius 3 is 2.33 bits per heavy atom. The number of hydrazine groups is 1. The Morgan fingerprint density at radius 2 is 1.87 bits per heavy atom. The van der Waals surface area contributed by atoms with Crippen molar-refractivity contribution < 1.29 is 8.78 Å². The van der Waals surface area contributed by atoms with E-state index in [1.54, 1.807) is 0 Å². The van der Waals surface area contributed by atoms with E-state index < -0.39 is 11.6 Å². The van der Waals surface area contributed by atoms with Crippen molar-refractivity contribution in [3.8, 4) is 0 Å². The summed E-state index contributed by atoms with van der Waals surface area (Å²) in [6.07, 6.45) is 2.40. The zero-order chi connectivity index (χ0) is 11.3. The molecule has 1 unspecified atom stereocenters. The zero-order valence-electron chi connectivity index (χ0n) is 8.76. The van der Waals surface area contributed by atoms with Crippen LogP contribution in [0, 0.1) is 11.6 Å². The van der Waals surface area contributed by atoms with Crippen molar-refractivity contribution in [1.29, 1.82) is 0 Å². The number of nitrogens with two attached hydrogens (primary N) is 1. The molecule has 0 aliphatic heterocycles. The fourth-order valence-electron chi connectivity index (χ4n) is 1.61. The lowest BCUT2D eigenvalue weighted by atomic mass is 10.0. The Balaban J connectivity index is 2.69. The maximum atomic E-state index is 12.9. The molecule has 2 nitrogen and oxygen atoms in total. The maximum absolute atomic E-state index is 12.9. The van der Waals surface area contributed by atoms with Crippen molar-refractivity contribution in [3.05, 3.63) is 35.4 Å². The molecule has 15 heavy (non-hydrogen) atoms. The van der Waals surface area contributed by atoms with E-state index in [0.29, 0.717) is 12.0 Å². The largest absolute Gasteiger partial charge is 0.271 e. The molecule has 0 bridgehead atoms. The lowest BCUT2D eigenvalue weighted by molar-refractivity contribution is 0.482. The summed E-state index contributed by atoms with van der Waals surface area (Å²) in [5.74, 6) is 4.26. The first-order chi connectivity index (χ1) is 7.15. The molecule has 1 aromatic rings. The van der Waals surface area contributed by atoms with Gasteiger partial charge in [-0.3, -0.25) is 11.3 Å². The van der Waals surface area contributed by atoms with Gasteiger partial charge in [0, 0.05) is 12.1 Å². The Kier molecular flexibility index (Phi) is 4.65. The van der Waals surface area contributed by atoms with Crippen molar-refractivity contribution in [2.45, 2.75) is 32.2 Å². The van der Waals surface area contributed by atoms with E-state index in [0.717, 1.165) is 18.9 Å². The highest BCUT2D eigenvalue weighted by atomic mass is 19.1. The molecular formula is C11H16F2N2. The Morgan fingerprint density at radius 1 is 1.27 bits per heavy atom. The van der Waals surface area contributed by atoms with Gasteiger partial charge in [0.25, 0.3) is 0 Å². The molecule has 0 heterocycles. The zero-order valence-corrected chi connectivity index (χ0v) is 8.76. The lowest BCUT2D eigenvalue weighted by Gasteiger charge is -2.14. The third-order valence-electron chi connectivity index (χ3n) is 2.28. The number of hydrogen-bond donors (Lipinski definition) is 2. The molecule has 3 N–H and O–H groups in total. The molecule has 0 fully saturated rings. The molecule has 0 spiro atoms. The Labute approximate surface area is 88.4 Å². The first-order valence-corrected chi connectivity index (χ1v) is 5.06. The van der Waals surface area contributed by atoms with Crippen LogP contribution >= 0.6 is 0 Å². The van der Waals surface area contributed by atoms with Crippen LogP contribution in [0.25, 0.3) is 0 Å². The number of halogens is 2. The van der Waals surface area contributed by atoms with Gasteiger partial charge in [0.1, 0.15) is 11.6 Å². The highest BCUT2D eigenvalue weighted by Crippen LogP contribution is 2.11. The van der Waals surface area contributed by atoms with E-state index in [1.807, 2.05) is 6.92 Å². The lowest BCUT2D eigenvalue weighted by Crippen LogP contribution is -2.36. The molecular weight excluding hydrogens is 198 g/mol. The average Bonchev–Trinajstić information content (AvgIpc) is 2.15. The molecule has 0 saturated heterocycles. The van der Waals surface area contributed by atoms with Gasteiger partial charge < -0.3 is 0 Å². The molecule has 1 aromatic carbocycles. The first kappa shape index (κ1) is 12.1. The highest BCUT2D eigenvalue weighted by molar-refractivity contribution is 5.18. The van der Waals surface area contributed by atoms with Crippen LogP contribution in [0.4, 0.5) is 8.78 Å². The van der Waals surface area contributed by atoms with E-state index in [1.165, 1.54) is 12.1 Å². The van der Waals surface area contributed by atoms with Crippen LogP contribution in [0.15, 0.2) is 18.2 Å². The fraction of sp³-hybridized carbons (Fsp3) is 0.455. The van der Waals surface area contributed by atoms with Gasteiger partial charge in [-0.2, -0.15) is 0 Å². The van der Waals surface area contributed by atoms with Crippen molar-refractivity contribution in [3.63, 3.8) is 0 Å². The molecule has 0 aliphatic carbocycles. The van der Waals surface area contributed by atoms with Crippen LogP contribution in [0.2, 0.25) is 0 Å². The van der Waals surface area contributed by atoms with Crippen molar-refractivity contribution in [2.24, 2.45) is 5.84 Å². The van der Waals surface area contributed by atoms with E-state index in [4.69, 9.17) is 5.84 Å². The van der Waals surface area contributed by atoms with E-state index >= 15 is 0 Å². The van der Waals surface area contributed by atoms with Gasteiger partial charge in [0.05, 0.1) is 0 Å². The Hall–Kier alpha value is -1.00. The average molecular weight is 214 g/mol. The second kappa shape index (κ2) is 5.78. The molecule has 0 radical (unpaired) electrons. The van der Waals surface area contributed by atoms with Gasteiger partial charge in [-0.05, 0) is 30.5 Å². The van der Waals surface area contributed by atoms with Gasteiger partial charge >= 0.3 is 0 Å². The number of hydrogen-bond acceptors (Lipinski definition) is 2. The minimum absolute atomic E-state index is 0.0659. The summed E-state index contributed by atoms with van der Waals surface area (Å²) in [5, 5.41) is 0. The van der Waals surface area contributed by atoms with Crippen LogP contribution in [0.1, 0.15) is 25.3 Å². The minimum atomic E-state index is -0.544. The standard InChI is InChI=1S/C11H16F2N2/c1-2-3-11(15-14)6-8-4-9(12)7-10(13)5-8/h4-5,7,11,15H,2-3,6,14H2,1H3. The van der Waals surface area contributed by atoms with Gasteiger partial charge in [-0.25, -0.2) is 8.78 Å². The monoisotopic (exact) mass is 214 g/mol. The number of benzene rings is 1. The second-order valence-electron chi connectivity index (χ2n) is 3.63. The van der Waals surface area contributed by atoms with Gasteiger partial charge in [0.2, 0.25) is 0 Å². The van der Waals surface area contributed by atoms with Crippen molar-refractivity contribution in [2.75, 3.05) is 0 Å². The van der Waals surface area contributed by atoms with Gasteiger partial charge in [0.15, 0.2) is 0 Å². The summed E-state index contributed by atoms with van der Waals surface area (Å²) in [6.45, 7) is 2.04. The van der Waals surface area contributed by atoms with Crippen LogP contribution in [0.5, 0.6) is 0 Å². The predicted molar refractivity (Wildman–Crippen MR) is 56.1 cm³/mol. The fourth-order valence-corrected chi connectivity index (χ4v) is 1.61. The minimum Gasteiger partial charge on any atom is -0.271 e. The molecule has 0 saturated carbocycles. The number of nitrogens with one attached hydrogen (secondary N) is 1. The van der Waals surface area contributed by atoms with E-state index in [-0.39, 0.29) is 6.04 Å². The van der Waals surface area contributed by atoms with Crippen molar-refractivity contribution >= 4 is 0 Å². The summed E-state index contributed by atoms with van der Waals surface area (Å²) < 4.78 is 25.8. The van der Waals surface area contributed by atoms with Crippen molar-refractivity contribution in [1.82, 2.24) is 5.43 Å².